The van der Waals surface area contributed by atoms with Crippen LogP contribution in [0.3, 0.4) is 0 Å². The average Bonchev–Trinajstić information content (AvgIpc) is 3.30. The Bertz CT molecular complexity index is 1540. The monoisotopic (exact) mass is 491 g/mol. The number of rotatable bonds is 8. The summed E-state index contributed by atoms with van der Waals surface area (Å²) < 4.78 is 23.5. The first-order valence-corrected chi connectivity index (χ1v) is 10.8. The van der Waals surface area contributed by atoms with Crippen molar-refractivity contribution in [3.63, 3.8) is 0 Å². The largest absolute Gasteiger partial charge is 0.497 e. The zero-order chi connectivity index (χ0) is 25.8. The fraction of sp³-hybridized carbons (Fsp3) is 0.160. The molecule has 0 aliphatic rings. The van der Waals surface area contributed by atoms with Crippen molar-refractivity contribution in [1.29, 1.82) is 0 Å². The lowest BCUT2D eigenvalue weighted by molar-refractivity contribution is -0.387. The molecule has 2 aromatic heterocycles. The lowest BCUT2D eigenvalue weighted by Crippen LogP contribution is -2.43. The van der Waals surface area contributed by atoms with Crippen LogP contribution in [0.5, 0.6) is 5.75 Å². The van der Waals surface area contributed by atoms with E-state index in [1.807, 2.05) is 0 Å². The van der Waals surface area contributed by atoms with Gasteiger partial charge in [-0.05, 0) is 29.8 Å². The van der Waals surface area contributed by atoms with Crippen LogP contribution in [-0.2, 0) is 13.6 Å². The third kappa shape index (κ3) is 4.85. The summed E-state index contributed by atoms with van der Waals surface area (Å²) in [4.78, 5) is 37.9. The SMILES string of the molecule is COc1ccc(Cn2c(C=Cc3cnn(C)c3)c([N+](=O)[O-])c(=O)n(C(F)c3ccccc3)c2=O)cc1. The van der Waals surface area contributed by atoms with Crippen molar-refractivity contribution < 1.29 is 14.1 Å². The molecule has 4 rings (SSSR count). The molecule has 2 aromatic carbocycles. The molecule has 0 N–H and O–H groups in total. The Hall–Kier alpha value is -4.80. The predicted molar refractivity (Wildman–Crippen MR) is 132 cm³/mol. The summed E-state index contributed by atoms with van der Waals surface area (Å²) in [7, 11) is 3.20. The lowest BCUT2D eigenvalue weighted by Gasteiger charge is -2.17. The number of nitrogens with zero attached hydrogens (tertiary/aromatic N) is 5. The predicted octanol–water partition coefficient (Wildman–Crippen LogP) is 3.40. The number of alkyl halides is 1. The molecule has 10 nitrogen and oxygen atoms in total. The van der Waals surface area contributed by atoms with E-state index in [1.165, 1.54) is 42.3 Å². The molecule has 36 heavy (non-hydrogen) atoms. The van der Waals surface area contributed by atoms with Crippen LogP contribution < -0.4 is 16.0 Å². The Morgan fingerprint density at radius 2 is 1.81 bits per heavy atom. The van der Waals surface area contributed by atoms with Crippen LogP contribution in [0.1, 0.15) is 28.7 Å². The van der Waals surface area contributed by atoms with Crippen LogP contribution in [0.2, 0.25) is 0 Å². The molecular formula is C25H22FN5O5. The molecule has 0 bridgehead atoms. The zero-order valence-electron chi connectivity index (χ0n) is 19.4. The molecule has 11 heteroatoms. The zero-order valence-corrected chi connectivity index (χ0v) is 19.4. The highest BCUT2D eigenvalue weighted by Gasteiger charge is 2.30. The molecule has 184 valence electrons. The van der Waals surface area contributed by atoms with Gasteiger partial charge in [-0.1, -0.05) is 42.5 Å². The normalized spacial score (nSPS) is 12.1. The molecule has 1 atom stereocenters. The van der Waals surface area contributed by atoms with Crippen LogP contribution in [-0.4, -0.2) is 30.9 Å². The molecule has 1 unspecified atom stereocenters. The van der Waals surface area contributed by atoms with Gasteiger partial charge in [0, 0.05) is 24.4 Å². The number of halogens is 1. The molecular weight excluding hydrogens is 469 g/mol. The highest BCUT2D eigenvalue weighted by molar-refractivity contribution is 5.71. The summed E-state index contributed by atoms with van der Waals surface area (Å²) in [5.74, 6) is 0.576. The first-order valence-electron chi connectivity index (χ1n) is 10.8. The number of hydrogen-bond acceptors (Lipinski definition) is 6. The van der Waals surface area contributed by atoms with Gasteiger partial charge >= 0.3 is 16.9 Å². The fourth-order valence-corrected chi connectivity index (χ4v) is 3.74. The van der Waals surface area contributed by atoms with Crippen molar-refractivity contribution >= 4 is 17.8 Å². The summed E-state index contributed by atoms with van der Waals surface area (Å²) in [5, 5.41) is 16.1. The van der Waals surface area contributed by atoms with Crippen molar-refractivity contribution in [2.75, 3.05) is 7.11 Å². The fourth-order valence-electron chi connectivity index (χ4n) is 3.74. The second kappa shape index (κ2) is 10.2. The minimum absolute atomic E-state index is 0.0145. The van der Waals surface area contributed by atoms with Crippen molar-refractivity contribution in [2.24, 2.45) is 7.05 Å². The Morgan fingerprint density at radius 3 is 2.39 bits per heavy atom. The van der Waals surface area contributed by atoms with Crippen LogP contribution in [0.15, 0.2) is 76.6 Å². The van der Waals surface area contributed by atoms with E-state index in [0.717, 1.165) is 4.57 Å². The molecule has 2 heterocycles. The second-order valence-electron chi connectivity index (χ2n) is 7.91. The number of hydrogen-bond donors (Lipinski definition) is 0. The summed E-state index contributed by atoms with van der Waals surface area (Å²) in [5.41, 5.74) is -2.34. The highest BCUT2D eigenvalue weighted by Crippen LogP contribution is 2.22. The first-order chi connectivity index (χ1) is 17.3. The van der Waals surface area contributed by atoms with Gasteiger partial charge in [-0.2, -0.15) is 5.10 Å². The molecule has 0 aliphatic heterocycles. The van der Waals surface area contributed by atoms with E-state index in [0.29, 0.717) is 16.9 Å². The third-order valence-electron chi connectivity index (χ3n) is 5.53. The lowest BCUT2D eigenvalue weighted by atomic mass is 10.2. The highest BCUT2D eigenvalue weighted by atomic mass is 19.1. The first kappa shape index (κ1) is 24.3. The Morgan fingerprint density at radius 1 is 1.11 bits per heavy atom. The summed E-state index contributed by atoms with van der Waals surface area (Å²) >= 11 is 0. The molecule has 0 aliphatic carbocycles. The van der Waals surface area contributed by atoms with Gasteiger partial charge in [0.2, 0.25) is 6.30 Å². The summed E-state index contributed by atoms with van der Waals surface area (Å²) in [6.45, 7) is -0.155. The van der Waals surface area contributed by atoms with E-state index < -0.39 is 28.2 Å². The van der Waals surface area contributed by atoms with E-state index in [2.05, 4.69) is 5.10 Å². The molecule has 0 amide bonds. The number of nitro groups is 1. The van der Waals surface area contributed by atoms with Crippen molar-refractivity contribution in [3.8, 4) is 5.75 Å². The van der Waals surface area contributed by atoms with Crippen molar-refractivity contribution in [1.82, 2.24) is 18.9 Å². The Balaban J connectivity index is 1.96. The average molecular weight is 491 g/mol. The number of methoxy groups -OCH3 is 1. The number of ether oxygens (including phenoxy) is 1. The van der Waals surface area contributed by atoms with Crippen LogP contribution >= 0.6 is 0 Å². The molecule has 0 fully saturated rings. The number of aryl methyl sites for hydroxylation is 1. The van der Waals surface area contributed by atoms with Gasteiger partial charge in [0.1, 0.15) is 11.4 Å². The maximum absolute atomic E-state index is 15.5. The second-order valence-corrected chi connectivity index (χ2v) is 7.91. The molecule has 0 spiro atoms. The molecule has 0 radical (unpaired) electrons. The van der Waals surface area contributed by atoms with Crippen molar-refractivity contribution in [3.05, 3.63) is 120 Å². The summed E-state index contributed by atoms with van der Waals surface area (Å²) in [6.07, 6.45) is 3.74. The van der Waals surface area contributed by atoms with Crippen LogP contribution in [0.4, 0.5) is 10.1 Å². The van der Waals surface area contributed by atoms with E-state index in [1.54, 1.807) is 55.7 Å². The van der Waals surface area contributed by atoms with Gasteiger partial charge in [-0.25, -0.2) is 13.8 Å². The quantitative estimate of drug-likeness (QED) is 0.276. The van der Waals surface area contributed by atoms with E-state index >= 15 is 4.39 Å². The van der Waals surface area contributed by atoms with Crippen molar-refractivity contribution in [2.45, 2.75) is 12.8 Å². The van der Waals surface area contributed by atoms with Gasteiger partial charge in [0.25, 0.3) is 0 Å². The maximum atomic E-state index is 15.5. The van der Waals surface area contributed by atoms with E-state index in [9.17, 15) is 19.7 Å². The topological polar surface area (TPSA) is 114 Å². The molecule has 0 saturated heterocycles. The summed E-state index contributed by atoms with van der Waals surface area (Å²) in [6, 6.07) is 14.2. The molecule has 0 saturated carbocycles. The van der Waals surface area contributed by atoms with Gasteiger partial charge in [0.15, 0.2) is 0 Å². The molecule has 4 aromatic rings. The standard InChI is InChI=1S/C25H22FN5O5/c1-28-15-18(14-27-28)10-13-21-22(31(34)35)24(32)30(23(26)19-6-4-3-5-7-19)25(33)29(21)16-17-8-11-20(36-2)12-9-17/h3-15,23H,16H2,1-2H3. The van der Waals surface area contributed by atoms with Crippen LogP contribution in [0.25, 0.3) is 12.2 Å². The van der Waals surface area contributed by atoms with Gasteiger partial charge < -0.3 is 4.74 Å². The minimum Gasteiger partial charge on any atom is -0.497 e. The van der Waals surface area contributed by atoms with Gasteiger partial charge in [-0.3, -0.25) is 24.2 Å². The van der Waals surface area contributed by atoms with Gasteiger partial charge in [0.05, 0.1) is 24.8 Å². The van der Waals surface area contributed by atoms with Gasteiger partial charge in [-0.15, -0.1) is 0 Å². The van der Waals surface area contributed by atoms with E-state index in [4.69, 9.17) is 4.74 Å². The Labute approximate surface area is 204 Å². The Kier molecular flexibility index (Phi) is 6.91. The number of aromatic nitrogens is 4. The van der Waals surface area contributed by atoms with E-state index in [-0.39, 0.29) is 22.4 Å². The smallest absolute Gasteiger partial charge is 0.357 e. The third-order valence-corrected chi connectivity index (χ3v) is 5.53. The minimum atomic E-state index is -2.22. The number of benzene rings is 2. The van der Waals surface area contributed by atoms with Crippen LogP contribution in [0, 0.1) is 10.1 Å². The maximum Gasteiger partial charge on any atom is 0.357 e.